The number of benzene rings is 1. The van der Waals surface area contributed by atoms with Gasteiger partial charge in [-0.1, -0.05) is 18.2 Å². The number of rotatable bonds is 3. The lowest BCUT2D eigenvalue weighted by molar-refractivity contribution is 0.303. The van der Waals surface area contributed by atoms with E-state index in [2.05, 4.69) is 53.9 Å². The molecule has 0 aliphatic carbocycles. The Kier molecular flexibility index (Phi) is 3.38. The summed E-state index contributed by atoms with van der Waals surface area (Å²) in [5.74, 6) is 0.782. The smallest absolute Gasteiger partial charge is 0.146 e. The Hall–Kier alpha value is -3.01. The van der Waals surface area contributed by atoms with Crippen LogP contribution in [0.25, 0.3) is 17.0 Å². The Balaban J connectivity index is 1.85. The molecule has 4 heteroatoms. The summed E-state index contributed by atoms with van der Waals surface area (Å²) in [7, 11) is 3.77. The van der Waals surface area contributed by atoms with Gasteiger partial charge in [0.2, 0.25) is 0 Å². The van der Waals surface area contributed by atoms with Crippen molar-refractivity contribution in [3.8, 4) is 0 Å². The molecule has 0 atom stereocenters. The molecule has 1 N–H and O–H groups in total. The van der Waals surface area contributed by atoms with Gasteiger partial charge in [0, 0.05) is 35.9 Å². The van der Waals surface area contributed by atoms with Crippen LogP contribution < -0.4 is 0 Å². The molecule has 3 heterocycles. The van der Waals surface area contributed by atoms with E-state index < -0.39 is 0 Å². The van der Waals surface area contributed by atoms with Crippen LogP contribution in [0.1, 0.15) is 17.0 Å². The third-order valence-corrected chi connectivity index (χ3v) is 4.54. The molecule has 120 valence electrons. The molecular weight excluding hydrogens is 298 g/mol. The molecule has 0 fully saturated rings. The van der Waals surface area contributed by atoms with Crippen LogP contribution in [0.3, 0.4) is 0 Å². The number of hydrogen-bond donors (Lipinski definition) is 1. The van der Waals surface area contributed by atoms with Gasteiger partial charge in [-0.2, -0.15) is 0 Å². The maximum Gasteiger partial charge on any atom is 0.146 e. The number of fused-ring (bicyclic) bond motifs is 1. The van der Waals surface area contributed by atoms with E-state index in [9.17, 15) is 0 Å². The van der Waals surface area contributed by atoms with Crippen LogP contribution in [-0.2, 0) is 11.8 Å². The molecule has 24 heavy (non-hydrogen) atoms. The second kappa shape index (κ2) is 5.57. The lowest BCUT2D eigenvalue weighted by Crippen LogP contribution is -1.93. The zero-order valence-electron chi connectivity index (χ0n) is 14.0. The summed E-state index contributed by atoms with van der Waals surface area (Å²) in [6, 6.07) is 12.4. The number of allylic oxidation sites excluding steroid dienone is 1. The topological polar surface area (TPSA) is 42.3 Å². The van der Waals surface area contributed by atoms with Gasteiger partial charge in [-0.3, -0.25) is 0 Å². The summed E-state index contributed by atoms with van der Waals surface area (Å²) in [4.78, 5) is 7.94. The van der Waals surface area contributed by atoms with Crippen molar-refractivity contribution in [1.82, 2.24) is 9.55 Å². The van der Waals surface area contributed by atoms with E-state index >= 15 is 0 Å². The predicted molar refractivity (Wildman–Crippen MR) is 98.1 cm³/mol. The summed E-state index contributed by atoms with van der Waals surface area (Å²) in [6.45, 7) is 2.15. The SMILES string of the molecule is COC1=CC(c2ccc[nH]2)=N/C1=C/c1c(C)c2ccccc2n1C. The molecule has 1 aliphatic rings. The van der Waals surface area contributed by atoms with Gasteiger partial charge in [-0.25, -0.2) is 4.99 Å². The molecule has 3 aromatic rings. The van der Waals surface area contributed by atoms with Crippen molar-refractivity contribution in [2.24, 2.45) is 12.0 Å². The molecular formula is C20H19N3O. The highest BCUT2D eigenvalue weighted by molar-refractivity contribution is 6.11. The highest BCUT2D eigenvalue weighted by Crippen LogP contribution is 2.30. The van der Waals surface area contributed by atoms with E-state index in [1.165, 1.54) is 16.5 Å². The first-order valence-electron chi connectivity index (χ1n) is 7.93. The number of aromatic amines is 1. The van der Waals surface area contributed by atoms with Crippen molar-refractivity contribution >= 4 is 22.7 Å². The number of aromatic nitrogens is 2. The molecule has 1 aliphatic heterocycles. The van der Waals surface area contributed by atoms with Crippen LogP contribution in [-0.4, -0.2) is 22.4 Å². The summed E-state index contributed by atoms with van der Waals surface area (Å²) in [5.41, 5.74) is 6.33. The first kappa shape index (κ1) is 14.6. The highest BCUT2D eigenvalue weighted by Gasteiger charge is 2.18. The quantitative estimate of drug-likeness (QED) is 0.773. The van der Waals surface area contributed by atoms with Crippen LogP contribution in [0.5, 0.6) is 0 Å². The van der Waals surface area contributed by atoms with Crippen molar-refractivity contribution in [3.05, 3.63) is 77.1 Å². The van der Waals surface area contributed by atoms with E-state index in [1.807, 2.05) is 24.4 Å². The summed E-state index contributed by atoms with van der Waals surface area (Å²) >= 11 is 0. The maximum absolute atomic E-state index is 5.53. The standard InChI is InChI=1S/C20H19N3O/c1-13-14-7-4-5-9-18(14)23(2)19(13)11-17-20(24-3)12-16(22-17)15-8-6-10-21-15/h4-12,21H,1-3H3/b17-11+. The zero-order valence-corrected chi connectivity index (χ0v) is 14.0. The molecule has 0 saturated carbocycles. The van der Waals surface area contributed by atoms with Gasteiger partial charge < -0.3 is 14.3 Å². The molecule has 0 unspecified atom stereocenters. The van der Waals surface area contributed by atoms with Crippen molar-refractivity contribution in [3.63, 3.8) is 0 Å². The van der Waals surface area contributed by atoms with Gasteiger partial charge in [-0.05, 0) is 36.8 Å². The van der Waals surface area contributed by atoms with Gasteiger partial charge in [-0.15, -0.1) is 0 Å². The Bertz CT molecular complexity index is 962. The molecule has 0 radical (unpaired) electrons. The average Bonchev–Trinajstić information content (AvgIpc) is 3.31. The second-order valence-corrected chi connectivity index (χ2v) is 5.91. The number of nitrogens with one attached hydrogen (secondary N) is 1. The van der Waals surface area contributed by atoms with E-state index in [4.69, 9.17) is 9.73 Å². The zero-order chi connectivity index (χ0) is 16.7. The molecule has 4 rings (SSSR count). The van der Waals surface area contributed by atoms with E-state index in [1.54, 1.807) is 7.11 Å². The minimum Gasteiger partial charge on any atom is -0.494 e. The number of hydrogen-bond acceptors (Lipinski definition) is 2. The molecule has 0 spiro atoms. The van der Waals surface area contributed by atoms with E-state index in [0.717, 1.165) is 28.6 Å². The number of H-pyrrole nitrogens is 1. The molecule has 4 nitrogen and oxygen atoms in total. The lowest BCUT2D eigenvalue weighted by Gasteiger charge is -2.04. The van der Waals surface area contributed by atoms with Crippen molar-refractivity contribution < 1.29 is 4.74 Å². The first-order chi connectivity index (χ1) is 11.7. The molecule has 0 saturated heterocycles. The van der Waals surface area contributed by atoms with E-state index in [-0.39, 0.29) is 0 Å². The normalized spacial score (nSPS) is 15.9. The van der Waals surface area contributed by atoms with Crippen LogP contribution in [0.2, 0.25) is 0 Å². The fraction of sp³-hybridized carbons (Fsp3) is 0.150. The Morgan fingerprint density at radius 1 is 1.17 bits per heavy atom. The van der Waals surface area contributed by atoms with Crippen LogP contribution >= 0.6 is 0 Å². The lowest BCUT2D eigenvalue weighted by atomic mass is 10.1. The monoisotopic (exact) mass is 317 g/mol. The van der Waals surface area contributed by atoms with Crippen molar-refractivity contribution in [2.75, 3.05) is 7.11 Å². The molecule has 1 aromatic carbocycles. The fourth-order valence-corrected chi connectivity index (χ4v) is 3.25. The number of para-hydroxylation sites is 1. The maximum atomic E-state index is 5.53. The predicted octanol–water partition coefficient (Wildman–Crippen LogP) is 4.19. The Labute approximate surface area is 140 Å². The summed E-state index contributed by atoms with van der Waals surface area (Å²) < 4.78 is 7.73. The number of ether oxygens (including phenoxy) is 1. The van der Waals surface area contributed by atoms with Crippen molar-refractivity contribution in [1.29, 1.82) is 0 Å². The minimum atomic E-state index is 0.782. The van der Waals surface area contributed by atoms with Gasteiger partial charge >= 0.3 is 0 Å². The number of methoxy groups -OCH3 is 1. The fourth-order valence-electron chi connectivity index (χ4n) is 3.25. The Morgan fingerprint density at radius 3 is 2.71 bits per heavy atom. The van der Waals surface area contributed by atoms with E-state index in [0.29, 0.717) is 0 Å². The molecule has 0 amide bonds. The van der Waals surface area contributed by atoms with Crippen LogP contribution in [0, 0.1) is 6.92 Å². The largest absolute Gasteiger partial charge is 0.494 e. The third kappa shape index (κ3) is 2.19. The van der Waals surface area contributed by atoms with Gasteiger partial charge in [0.15, 0.2) is 0 Å². The van der Waals surface area contributed by atoms with Crippen LogP contribution in [0.15, 0.2) is 65.1 Å². The molecule has 0 bridgehead atoms. The number of aliphatic imine (C=N–C) groups is 1. The Morgan fingerprint density at radius 2 is 2.00 bits per heavy atom. The highest BCUT2D eigenvalue weighted by atomic mass is 16.5. The summed E-state index contributed by atoms with van der Waals surface area (Å²) in [5, 5.41) is 1.27. The van der Waals surface area contributed by atoms with Crippen LogP contribution in [0.4, 0.5) is 0 Å². The number of aryl methyl sites for hydroxylation is 2. The van der Waals surface area contributed by atoms with Gasteiger partial charge in [0.25, 0.3) is 0 Å². The van der Waals surface area contributed by atoms with Gasteiger partial charge in [0.05, 0.1) is 18.5 Å². The average molecular weight is 317 g/mol. The van der Waals surface area contributed by atoms with Gasteiger partial charge in [0.1, 0.15) is 11.5 Å². The summed E-state index contributed by atoms with van der Waals surface area (Å²) in [6.07, 6.45) is 5.96. The molecule has 2 aromatic heterocycles. The first-order valence-corrected chi connectivity index (χ1v) is 7.93. The van der Waals surface area contributed by atoms with Crippen molar-refractivity contribution in [2.45, 2.75) is 6.92 Å². The minimum absolute atomic E-state index is 0.782. The second-order valence-electron chi connectivity index (χ2n) is 5.91. The third-order valence-electron chi connectivity index (χ3n) is 4.54. The number of nitrogens with zero attached hydrogens (tertiary/aromatic N) is 2.